The van der Waals surface area contributed by atoms with Gasteiger partial charge in [-0.2, -0.15) is 0 Å². The molecule has 102 valence electrons. The van der Waals surface area contributed by atoms with Gasteiger partial charge in [0, 0.05) is 19.1 Å². The predicted octanol–water partition coefficient (Wildman–Crippen LogP) is 1.83. The molecule has 0 aromatic heterocycles. The number of hydrogen-bond donors (Lipinski definition) is 2. The van der Waals surface area contributed by atoms with Crippen LogP contribution in [-0.4, -0.2) is 41.1 Å². The van der Waals surface area contributed by atoms with Gasteiger partial charge in [-0.25, -0.2) is 4.79 Å². The Kier molecular flexibility index (Phi) is 4.44. The van der Waals surface area contributed by atoms with Crippen molar-refractivity contribution in [2.45, 2.75) is 51.0 Å². The topological polar surface area (TPSA) is 69.6 Å². The fourth-order valence-corrected chi connectivity index (χ4v) is 2.57. The molecule has 5 nitrogen and oxygen atoms in total. The number of carbonyl (C=O) groups is 2. The van der Waals surface area contributed by atoms with Crippen LogP contribution >= 0.6 is 0 Å². The van der Waals surface area contributed by atoms with Crippen molar-refractivity contribution in [2.75, 3.05) is 13.1 Å². The SMILES string of the molecule is O=C(O)CC1CCCCN1C(=O)NCCC1CC1. The lowest BCUT2D eigenvalue weighted by molar-refractivity contribution is -0.138. The van der Waals surface area contributed by atoms with Crippen LogP contribution in [0.3, 0.4) is 0 Å². The fourth-order valence-electron chi connectivity index (χ4n) is 2.57. The summed E-state index contributed by atoms with van der Waals surface area (Å²) in [6, 6.07) is -0.209. The number of carboxylic acid groups (broad SMARTS) is 1. The average molecular weight is 254 g/mol. The van der Waals surface area contributed by atoms with Crippen molar-refractivity contribution in [1.29, 1.82) is 0 Å². The highest BCUT2D eigenvalue weighted by molar-refractivity contribution is 5.76. The number of piperidine rings is 1. The summed E-state index contributed by atoms with van der Waals surface area (Å²) in [4.78, 5) is 24.5. The minimum absolute atomic E-state index is 0.0655. The first-order valence-corrected chi connectivity index (χ1v) is 6.93. The number of nitrogens with zero attached hydrogens (tertiary/aromatic N) is 1. The van der Waals surface area contributed by atoms with E-state index in [1.54, 1.807) is 4.90 Å². The van der Waals surface area contributed by atoms with Gasteiger partial charge in [0.25, 0.3) is 0 Å². The standard InChI is InChI=1S/C13H22N2O3/c16-12(17)9-11-3-1-2-8-15(11)13(18)14-7-6-10-4-5-10/h10-11H,1-9H2,(H,14,18)(H,16,17). The van der Waals surface area contributed by atoms with Crippen LogP contribution in [0.5, 0.6) is 0 Å². The quantitative estimate of drug-likeness (QED) is 0.786. The first-order chi connectivity index (χ1) is 8.66. The van der Waals surface area contributed by atoms with Crippen molar-refractivity contribution >= 4 is 12.0 Å². The Labute approximate surface area is 108 Å². The van der Waals surface area contributed by atoms with Crippen LogP contribution in [0, 0.1) is 5.92 Å². The summed E-state index contributed by atoms with van der Waals surface area (Å²) in [5, 5.41) is 11.8. The Bertz CT molecular complexity index is 315. The Morgan fingerprint density at radius 1 is 1.22 bits per heavy atom. The molecule has 2 N–H and O–H groups in total. The van der Waals surface area contributed by atoms with Crippen LogP contribution in [0.2, 0.25) is 0 Å². The largest absolute Gasteiger partial charge is 0.481 e. The molecule has 2 aliphatic rings. The Morgan fingerprint density at radius 3 is 2.67 bits per heavy atom. The molecule has 0 aromatic carbocycles. The van der Waals surface area contributed by atoms with Gasteiger partial charge < -0.3 is 15.3 Å². The highest BCUT2D eigenvalue weighted by Gasteiger charge is 2.28. The van der Waals surface area contributed by atoms with Crippen molar-refractivity contribution in [3.05, 3.63) is 0 Å². The third kappa shape index (κ3) is 3.89. The monoisotopic (exact) mass is 254 g/mol. The summed E-state index contributed by atoms with van der Waals surface area (Å²) in [5.74, 6) is -0.0147. The maximum Gasteiger partial charge on any atom is 0.317 e. The molecule has 2 amide bonds. The number of aliphatic carboxylic acids is 1. The molecule has 0 radical (unpaired) electrons. The molecular weight excluding hydrogens is 232 g/mol. The fraction of sp³-hybridized carbons (Fsp3) is 0.846. The number of nitrogens with one attached hydrogen (secondary N) is 1. The van der Waals surface area contributed by atoms with Crippen LogP contribution in [0.25, 0.3) is 0 Å². The van der Waals surface area contributed by atoms with E-state index in [-0.39, 0.29) is 18.5 Å². The second-order valence-corrected chi connectivity index (χ2v) is 5.40. The number of carbonyl (C=O) groups excluding carboxylic acids is 1. The summed E-state index contributed by atoms with van der Waals surface area (Å²) in [7, 11) is 0. The van der Waals surface area contributed by atoms with Gasteiger partial charge in [0.1, 0.15) is 0 Å². The number of likely N-dealkylation sites (tertiary alicyclic amines) is 1. The van der Waals surface area contributed by atoms with Gasteiger partial charge in [0.05, 0.1) is 6.42 Å². The highest BCUT2D eigenvalue weighted by Crippen LogP contribution is 2.31. The molecule has 1 saturated heterocycles. The molecule has 0 bridgehead atoms. The lowest BCUT2D eigenvalue weighted by Gasteiger charge is -2.34. The van der Waals surface area contributed by atoms with E-state index in [0.29, 0.717) is 6.54 Å². The van der Waals surface area contributed by atoms with Crippen molar-refractivity contribution in [1.82, 2.24) is 10.2 Å². The number of carboxylic acids is 1. The zero-order valence-corrected chi connectivity index (χ0v) is 10.7. The molecule has 0 spiro atoms. The minimum atomic E-state index is -0.822. The number of amides is 2. The third-order valence-electron chi connectivity index (χ3n) is 3.82. The Morgan fingerprint density at radius 2 is 2.00 bits per heavy atom. The second-order valence-electron chi connectivity index (χ2n) is 5.40. The minimum Gasteiger partial charge on any atom is -0.481 e. The molecule has 2 fully saturated rings. The molecule has 18 heavy (non-hydrogen) atoms. The van der Waals surface area contributed by atoms with E-state index in [9.17, 15) is 9.59 Å². The molecule has 1 atom stereocenters. The number of hydrogen-bond acceptors (Lipinski definition) is 2. The predicted molar refractivity (Wildman–Crippen MR) is 67.3 cm³/mol. The van der Waals surface area contributed by atoms with Gasteiger partial charge >= 0.3 is 12.0 Å². The van der Waals surface area contributed by atoms with Crippen LogP contribution < -0.4 is 5.32 Å². The van der Waals surface area contributed by atoms with Crippen LogP contribution in [0.15, 0.2) is 0 Å². The summed E-state index contributed by atoms with van der Waals surface area (Å²) in [6.07, 6.45) is 6.51. The molecule has 2 rings (SSSR count). The Hall–Kier alpha value is -1.26. The third-order valence-corrected chi connectivity index (χ3v) is 3.82. The molecule has 1 heterocycles. The van der Waals surface area contributed by atoms with Crippen molar-refractivity contribution in [3.63, 3.8) is 0 Å². The molecule has 1 saturated carbocycles. The van der Waals surface area contributed by atoms with Crippen molar-refractivity contribution in [3.8, 4) is 0 Å². The number of urea groups is 1. The van der Waals surface area contributed by atoms with Crippen molar-refractivity contribution in [2.24, 2.45) is 5.92 Å². The normalized spacial score (nSPS) is 23.8. The molecule has 1 aliphatic carbocycles. The second kappa shape index (κ2) is 6.07. The lowest BCUT2D eigenvalue weighted by atomic mass is 10.00. The van der Waals surface area contributed by atoms with E-state index in [1.807, 2.05) is 0 Å². The first-order valence-electron chi connectivity index (χ1n) is 6.93. The van der Waals surface area contributed by atoms with Crippen LogP contribution in [-0.2, 0) is 4.79 Å². The van der Waals surface area contributed by atoms with Crippen molar-refractivity contribution < 1.29 is 14.7 Å². The first kappa shape index (κ1) is 13.2. The zero-order chi connectivity index (χ0) is 13.0. The van der Waals surface area contributed by atoms with Gasteiger partial charge in [-0.05, 0) is 31.6 Å². The molecular formula is C13H22N2O3. The molecule has 0 aromatic rings. The molecule has 1 aliphatic heterocycles. The van der Waals surface area contributed by atoms with E-state index in [1.165, 1.54) is 12.8 Å². The highest BCUT2D eigenvalue weighted by atomic mass is 16.4. The van der Waals surface area contributed by atoms with Crippen LogP contribution in [0.1, 0.15) is 44.9 Å². The van der Waals surface area contributed by atoms with Crippen LogP contribution in [0.4, 0.5) is 4.79 Å². The number of rotatable bonds is 5. The summed E-state index contributed by atoms with van der Waals surface area (Å²) >= 11 is 0. The zero-order valence-electron chi connectivity index (χ0n) is 10.7. The van der Waals surface area contributed by atoms with Gasteiger partial charge in [-0.1, -0.05) is 12.8 Å². The average Bonchev–Trinajstić information content (AvgIpc) is 3.13. The van der Waals surface area contributed by atoms with E-state index in [2.05, 4.69) is 5.32 Å². The maximum atomic E-state index is 12.0. The van der Waals surface area contributed by atoms with E-state index in [4.69, 9.17) is 5.11 Å². The van der Waals surface area contributed by atoms with Gasteiger partial charge in [0.2, 0.25) is 0 Å². The molecule has 5 heteroatoms. The summed E-state index contributed by atoms with van der Waals surface area (Å²) in [5.41, 5.74) is 0. The Balaban J connectivity index is 1.78. The summed E-state index contributed by atoms with van der Waals surface area (Å²) in [6.45, 7) is 1.41. The van der Waals surface area contributed by atoms with E-state index >= 15 is 0 Å². The van der Waals surface area contributed by atoms with E-state index in [0.717, 1.165) is 38.1 Å². The van der Waals surface area contributed by atoms with Gasteiger partial charge in [0.15, 0.2) is 0 Å². The van der Waals surface area contributed by atoms with Gasteiger partial charge in [-0.15, -0.1) is 0 Å². The molecule has 1 unspecified atom stereocenters. The summed E-state index contributed by atoms with van der Waals surface area (Å²) < 4.78 is 0. The van der Waals surface area contributed by atoms with E-state index < -0.39 is 5.97 Å². The van der Waals surface area contributed by atoms with Gasteiger partial charge in [-0.3, -0.25) is 4.79 Å². The smallest absolute Gasteiger partial charge is 0.317 e. The lowest BCUT2D eigenvalue weighted by Crippen LogP contribution is -2.49. The maximum absolute atomic E-state index is 12.0.